The van der Waals surface area contributed by atoms with Crippen molar-refractivity contribution < 1.29 is 37.7 Å². The van der Waals surface area contributed by atoms with Crippen LogP contribution in [0.2, 0.25) is 0 Å². The predicted octanol–water partition coefficient (Wildman–Crippen LogP) is 5.18. The molecule has 0 amide bonds. The summed E-state index contributed by atoms with van der Waals surface area (Å²) in [7, 11) is 9.04. The van der Waals surface area contributed by atoms with Gasteiger partial charge in [-0.15, -0.1) is 0 Å². The van der Waals surface area contributed by atoms with Gasteiger partial charge < -0.3 is 39.8 Å². The van der Waals surface area contributed by atoms with Gasteiger partial charge in [-0.2, -0.15) is 9.97 Å². The van der Waals surface area contributed by atoms with Crippen molar-refractivity contribution in [2.45, 2.75) is 65.5 Å². The van der Waals surface area contributed by atoms with E-state index in [2.05, 4.69) is 30.6 Å². The summed E-state index contributed by atoms with van der Waals surface area (Å²) in [4.78, 5) is 44.5. The molecule has 0 aliphatic carbocycles. The SMILES string of the molecule is CCc1nc(OCCN(C)C)c2cc(NC(C)(C)C(=O)O)cc(F)c2n1.CCc1nc(OCCN(C)C)c2cc(NC(C)(C)C(=O)OC)cc(F)c2n1. The van der Waals surface area contributed by atoms with Gasteiger partial charge in [-0.25, -0.2) is 28.3 Å². The van der Waals surface area contributed by atoms with Crippen LogP contribution in [-0.2, 0) is 27.2 Å². The molecule has 2 heterocycles. The van der Waals surface area contributed by atoms with Gasteiger partial charge in [0, 0.05) is 37.3 Å². The van der Waals surface area contributed by atoms with Crippen LogP contribution in [0.1, 0.15) is 53.2 Å². The van der Waals surface area contributed by atoms with E-state index in [4.69, 9.17) is 14.2 Å². The van der Waals surface area contributed by atoms with Gasteiger partial charge in [-0.1, -0.05) is 13.8 Å². The second-order valence-corrected chi connectivity index (χ2v) is 13.9. The van der Waals surface area contributed by atoms with E-state index in [1.54, 1.807) is 26.0 Å². The van der Waals surface area contributed by atoms with Crippen molar-refractivity contribution in [1.82, 2.24) is 29.7 Å². The first-order chi connectivity index (χ1) is 24.8. The molecule has 2 aromatic carbocycles. The van der Waals surface area contributed by atoms with E-state index in [0.29, 0.717) is 84.7 Å². The maximum absolute atomic E-state index is 14.7. The third-order valence-electron chi connectivity index (χ3n) is 7.86. The second-order valence-electron chi connectivity index (χ2n) is 13.9. The van der Waals surface area contributed by atoms with Crippen molar-refractivity contribution in [1.29, 1.82) is 0 Å². The molecule has 0 atom stereocenters. The number of aryl methyl sites for hydroxylation is 2. The number of halogens is 2. The van der Waals surface area contributed by atoms with Crippen molar-refractivity contribution in [3.8, 4) is 11.8 Å². The van der Waals surface area contributed by atoms with Crippen LogP contribution in [0.4, 0.5) is 20.2 Å². The summed E-state index contributed by atoms with van der Waals surface area (Å²) < 4.78 is 45.7. The molecule has 0 fully saturated rings. The van der Waals surface area contributed by atoms with Crippen LogP contribution in [0.5, 0.6) is 11.8 Å². The Bertz CT molecular complexity index is 1910. The molecule has 0 spiro atoms. The summed E-state index contributed by atoms with van der Waals surface area (Å²) in [5.74, 6) is -0.937. The quantitative estimate of drug-likeness (QED) is 0.129. The fourth-order valence-corrected chi connectivity index (χ4v) is 4.83. The van der Waals surface area contributed by atoms with Gasteiger partial charge in [0.1, 0.15) is 47.0 Å². The minimum atomic E-state index is -1.25. The van der Waals surface area contributed by atoms with Crippen LogP contribution in [0, 0.1) is 11.6 Å². The van der Waals surface area contributed by atoms with Crippen LogP contribution < -0.4 is 20.1 Å². The normalized spacial score (nSPS) is 11.8. The molecule has 16 heteroatoms. The zero-order valence-corrected chi connectivity index (χ0v) is 32.5. The third kappa shape index (κ3) is 11.5. The fraction of sp³-hybridized carbons (Fsp3) is 0.514. The fourth-order valence-electron chi connectivity index (χ4n) is 4.83. The first-order valence-electron chi connectivity index (χ1n) is 17.2. The Kier molecular flexibility index (Phi) is 14.6. The molecule has 4 rings (SSSR count). The lowest BCUT2D eigenvalue weighted by Gasteiger charge is -2.24. The molecule has 2 aromatic heterocycles. The van der Waals surface area contributed by atoms with Crippen molar-refractivity contribution >= 4 is 45.1 Å². The number of fused-ring (bicyclic) bond motifs is 2. The van der Waals surface area contributed by atoms with Gasteiger partial charge in [-0.3, -0.25) is 0 Å². The lowest BCUT2D eigenvalue weighted by molar-refractivity contribution is -0.144. The molecular formula is C37H52F2N8O6. The zero-order valence-electron chi connectivity index (χ0n) is 32.5. The largest absolute Gasteiger partial charge is 0.480 e. The van der Waals surface area contributed by atoms with E-state index < -0.39 is 34.7 Å². The highest BCUT2D eigenvalue weighted by Gasteiger charge is 2.29. The number of nitrogens with zero attached hydrogens (tertiary/aromatic N) is 6. The highest BCUT2D eigenvalue weighted by molar-refractivity contribution is 5.90. The van der Waals surface area contributed by atoms with Gasteiger partial charge in [0.15, 0.2) is 11.6 Å². The number of nitrogens with one attached hydrogen (secondary N) is 2. The third-order valence-corrected chi connectivity index (χ3v) is 7.86. The number of hydrogen-bond donors (Lipinski definition) is 3. The Balaban J connectivity index is 0.000000286. The summed E-state index contributed by atoms with van der Waals surface area (Å²) in [6.07, 6.45) is 1.11. The average Bonchev–Trinajstić information content (AvgIpc) is 3.07. The maximum Gasteiger partial charge on any atom is 0.330 e. The molecule has 53 heavy (non-hydrogen) atoms. The van der Waals surface area contributed by atoms with E-state index in [1.807, 2.05) is 51.8 Å². The molecule has 0 radical (unpaired) electrons. The molecule has 0 aliphatic rings. The van der Waals surface area contributed by atoms with Crippen molar-refractivity contribution in [2.24, 2.45) is 0 Å². The summed E-state index contributed by atoms with van der Waals surface area (Å²) in [6, 6.07) is 5.85. The predicted molar refractivity (Wildman–Crippen MR) is 201 cm³/mol. The summed E-state index contributed by atoms with van der Waals surface area (Å²) >= 11 is 0. The van der Waals surface area contributed by atoms with Crippen molar-refractivity contribution in [3.05, 3.63) is 47.5 Å². The molecule has 3 N–H and O–H groups in total. The molecular weight excluding hydrogens is 690 g/mol. The highest BCUT2D eigenvalue weighted by Crippen LogP contribution is 2.31. The number of likely N-dealkylation sites (N-methyl/N-ethyl adjacent to an activating group) is 2. The summed E-state index contributed by atoms with van der Waals surface area (Å²) in [5.41, 5.74) is -1.17. The number of aliphatic carboxylic acids is 1. The monoisotopic (exact) mass is 742 g/mol. The van der Waals surface area contributed by atoms with E-state index in [9.17, 15) is 23.5 Å². The number of esters is 1. The molecule has 0 saturated heterocycles. The Morgan fingerprint density at radius 3 is 1.45 bits per heavy atom. The maximum atomic E-state index is 14.7. The van der Waals surface area contributed by atoms with E-state index in [0.717, 1.165) is 0 Å². The number of rotatable bonds is 16. The van der Waals surface area contributed by atoms with Gasteiger partial charge in [0.25, 0.3) is 0 Å². The molecule has 14 nitrogen and oxygen atoms in total. The minimum absolute atomic E-state index is 0.162. The number of carbonyl (C=O) groups excluding carboxylic acids is 1. The molecule has 290 valence electrons. The zero-order chi connectivity index (χ0) is 39.7. The Morgan fingerprint density at radius 2 is 1.11 bits per heavy atom. The smallest absolute Gasteiger partial charge is 0.330 e. The molecule has 0 unspecified atom stereocenters. The molecule has 4 aromatic rings. The highest BCUT2D eigenvalue weighted by atomic mass is 19.1. The van der Waals surface area contributed by atoms with Crippen molar-refractivity contribution in [3.63, 3.8) is 0 Å². The lowest BCUT2D eigenvalue weighted by Crippen LogP contribution is -2.41. The minimum Gasteiger partial charge on any atom is -0.480 e. The van der Waals surface area contributed by atoms with Gasteiger partial charge in [0.2, 0.25) is 11.8 Å². The van der Waals surface area contributed by atoms with E-state index in [1.165, 1.54) is 33.1 Å². The van der Waals surface area contributed by atoms with Crippen LogP contribution >= 0.6 is 0 Å². The number of carboxylic acid groups (broad SMARTS) is 1. The molecule has 0 saturated carbocycles. The van der Waals surface area contributed by atoms with E-state index >= 15 is 0 Å². The van der Waals surface area contributed by atoms with Crippen LogP contribution in [0.25, 0.3) is 21.8 Å². The average molecular weight is 743 g/mol. The van der Waals surface area contributed by atoms with Crippen LogP contribution in [0.3, 0.4) is 0 Å². The standard InChI is InChI=1S/C19H27FN4O3.C18H25FN4O3/c1-7-15-21-16-13(17(22-15)27-9-8-24(4)5)10-12(11-14(16)20)23-19(2,3)18(25)26-6;1-6-14-20-15-12(16(21-14)26-8-7-23(4)5)9-11(10-13(15)19)22-18(2,3)17(24)25/h10-11,23H,7-9H2,1-6H3;9-10,22H,6-8H2,1-5H3,(H,24,25). The number of ether oxygens (including phenoxy) is 3. The topological polar surface area (TPSA) is 164 Å². The van der Waals surface area contributed by atoms with Crippen molar-refractivity contribution in [2.75, 3.05) is 72.2 Å². The summed E-state index contributed by atoms with van der Waals surface area (Å²) in [6.45, 7) is 12.3. The number of aromatic nitrogens is 4. The number of carbonyl (C=O) groups is 2. The van der Waals surface area contributed by atoms with Gasteiger partial charge >= 0.3 is 11.9 Å². The number of anilines is 2. The Labute approximate surface area is 309 Å². The van der Waals surface area contributed by atoms with Crippen LogP contribution in [0.15, 0.2) is 24.3 Å². The number of benzene rings is 2. The second kappa shape index (κ2) is 18.2. The number of hydrogen-bond acceptors (Lipinski definition) is 13. The number of carboxylic acids is 1. The first kappa shape index (κ1) is 42.5. The van der Waals surface area contributed by atoms with Gasteiger partial charge in [0.05, 0.1) is 17.9 Å². The van der Waals surface area contributed by atoms with Crippen LogP contribution in [-0.4, -0.2) is 119 Å². The first-order valence-corrected chi connectivity index (χ1v) is 17.2. The number of methoxy groups -OCH3 is 1. The lowest BCUT2D eigenvalue weighted by atomic mass is 10.0. The summed E-state index contributed by atoms with van der Waals surface area (Å²) in [5, 5.41) is 15.9. The van der Waals surface area contributed by atoms with E-state index in [-0.39, 0.29) is 11.0 Å². The van der Waals surface area contributed by atoms with Gasteiger partial charge in [-0.05, 0) is 80.2 Å². The Morgan fingerprint density at radius 1 is 0.717 bits per heavy atom. The Hall–Kier alpha value is -4.96. The molecule has 0 aliphatic heterocycles. The molecule has 0 bridgehead atoms.